The smallest absolute Gasteiger partial charge is 0.222 e. The molecule has 0 saturated heterocycles. The molecule has 0 radical (unpaired) electrons. The molecule has 3 nitrogen and oxygen atoms in total. The van der Waals surface area contributed by atoms with Crippen LogP contribution in [0, 0.1) is 0 Å². The molecule has 2 aromatic rings. The Morgan fingerprint density at radius 3 is 2.65 bits per heavy atom. The summed E-state index contributed by atoms with van der Waals surface area (Å²) < 4.78 is 0. The molecule has 0 spiro atoms. The number of hydrogen-bond acceptors (Lipinski definition) is 3. The molecule has 0 aliphatic carbocycles. The molecule has 0 atom stereocenters. The number of phenolic OH excluding ortho intramolecular Hbond substituents is 1. The van der Waals surface area contributed by atoms with Crippen molar-refractivity contribution in [3.8, 4) is 5.75 Å². The summed E-state index contributed by atoms with van der Waals surface area (Å²) in [5.74, 6) is 1.28. The van der Waals surface area contributed by atoms with Gasteiger partial charge in [-0.15, -0.1) is 11.8 Å². The lowest BCUT2D eigenvalue weighted by atomic mass is 10.2. The van der Waals surface area contributed by atoms with Crippen LogP contribution >= 0.6 is 23.4 Å². The zero-order valence-corrected chi connectivity index (χ0v) is 14.6. The summed E-state index contributed by atoms with van der Waals surface area (Å²) >= 11 is 7.65. The van der Waals surface area contributed by atoms with Crippen molar-refractivity contribution in [2.45, 2.75) is 24.3 Å². The van der Waals surface area contributed by atoms with E-state index in [-0.39, 0.29) is 11.7 Å². The van der Waals surface area contributed by atoms with E-state index in [0.717, 1.165) is 22.6 Å². The van der Waals surface area contributed by atoms with Gasteiger partial charge in [0.1, 0.15) is 5.75 Å². The van der Waals surface area contributed by atoms with E-state index in [2.05, 4.69) is 0 Å². The van der Waals surface area contributed by atoms with Crippen molar-refractivity contribution in [3.63, 3.8) is 0 Å². The van der Waals surface area contributed by atoms with Gasteiger partial charge >= 0.3 is 0 Å². The van der Waals surface area contributed by atoms with Crippen LogP contribution in [0.4, 0.5) is 0 Å². The first-order valence-electron chi connectivity index (χ1n) is 7.45. The summed E-state index contributed by atoms with van der Waals surface area (Å²) in [6.45, 7) is 0.574. The lowest BCUT2D eigenvalue weighted by Gasteiger charge is -2.17. The largest absolute Gasteiger partial charge is 0.508 e. The molecule has 1 amide bonds. The second kappa shape index (κ2) is 8.85. The van der Waals surface area contributed by atoms with Crippen LogP contribution in [-0.4, -0.2) is 28.7 Å². The van der Waals surface area contributed by atoms with E-state index in [1.807, 2.05) is 43.4 Å². The summed E-state index contributed by atoms with van der Waals surface area (Å²) in [6.07, 6.45) is 1.35. The van der Waals surface area contributed by atoms with E-state index >= 15 is 0 Å². The number of phenols is 1. The average Bonchev–Trinajstić information content (AvgIpc) is 2.53. The van der Waals surface area contributed by atoms with E-state index in [1.54, 1.807) is 28.8 Å². The van der Waals surface area contributed by atoms with E-state index in [0.29, 0.717) is 18.0 Å². The Morgan fingerprint density at radius 1 is 1.22 bits per heavy atom. The molecule has 2 aromatic carbocycles. The van der Waals surface area contributed by atoms with Gasteiger partial charge < -0.3 is 10.0 Å². The number of amides is 1. The third-order valence-electron chi connectivity index (χ3n) is 3.37. The fourth-order valence-corrected chi connectivity index (χ4v) is 3.21. The third kappa shape index (κ3) is 6.16. The molecular weight excluding hydrogens is 330 g/mol. The standard InChI is InChI=1S/C18H20ClNO2S/c1-20(13-14-4-2-5-15(19)12-14)18(22)6-3-11-23-17-9-7-16(21)8-10-17/h2,4-5,7-10,12,21H,3,6,11,13H2,1H3. The van der Waals surface area contributed by atoms with Crippen LogP contribution < -0.4 is 0 Å². The minimum absolute atomic E-state index is 0.135. The first kappa shape index (κ1) is 17.7. The van der Waals surface area contributed by atoms with Crippen molar-refractivity contribution in [1.29, 1.82) is 0 Å². The van der Waals surface area contributed by atoms with Crippen molar-refractivity contribution < 1.29 is 9.90 Å². The molecule has 0 saturated carbocycles. The highest BCUT2D eigenvalue weighted by atomic mass is 35.5. The van der Waals surface area contributed by atoms with Gasteiger partial charge in [0.15, 0.2) is 0 Å². The molecule has 0 heterocycles. The normalized spacial score (nSPS) is 10.5. The van der Waals surface area contributed by atoms with Gasteiger partial charge in [0.05, 0.1) is 0 Å². The summed E-state index contributed by atoms with van der Waals surface area (Å²) in [7, 11) is 1.82. The van der Waals surface area contributed by atoms with Gasteiger partial charge in [0.2, 0.25) is 5.91 Å². The van der Waals surface area contributed by atoms with Crippen LogP contribution in [0.5, 0.6) is 5.75 Å². The molecule has 0 fully saturated rings. The number of nitrogens with zero attached hydrogens (tertiary/aromatic N) is 1. The van der Waals surface area contributed by atoms with E-state index < -0.39 is 0 Å². The molecule has 2 rings (SSSR count). The predicted molar refractivity (Wildman–Crippen MR) is 96.0 cm³/mol. The van der Waals surface area contributed by atoms with Gasteiger partial charge in [-0.2, -0.15) is 0 Å². The van der Waals surface area contributed by atoms with Gasteiger partial charge in [-0.25, -0.2) is 0 Å². The van der Waals surface area contributed by atoms with E-state index in [4.69, 9.17) is 11.6 Å². The van der Waals surface area contributed by atoms with E-state index in [9.17, 15) is 9.90 Å². The first-order valence-corrected chi connectivity index (χ1v) is 8.81. The number of thioether (sulfide) groups is 1. The SMILES string of the molecule is CN(Cc1cccc(Cl)c1)C(=O)CCCSc1ccc(O)cc1. The molecule has 1 N–H and O–H groups in total. The van der Waals surface area contributed by atoms with Crippen molar-refractivity contribution >= 4 is 29.3 Å². The second-order valence-electron chi connectivity index (χ2n) is 5.33. The first-order chi connectivity index (χ1) is 11.0. The Balaban J connectivity index is 1.70. The molecule has 0 aliphatic heterocycles. The highest BCUT2D eigenvalue weighted by Gasteiger charge is 2.09. The van der Waals surface area contributed by atoms with Crippen LogP contribution in [0.2, 0.25) is 5.02 Å². The Kier molecular flexibility index (Phi) is 6.81. The fraction of sp³-hybridized carbons (Fsp3) is 0.278. The van der Waals surface area contributed by atoms with Crippen LogP contribution in [-0.2, 0) is 11.3 Å². The lowest BCUT2D eigenvalue weighted by Crippen LogP contribution is -2.25. The summed E-state index contributed by atoms with van der Waals surface area (Å²) in [5.41, 5.74) is 1.03. The van der Waals surface area contributed by atoms with Crippen LogP contribution in [0.3, 0.4) is 0 Å². The monoisotopic (exact) mass is 349 g/mol. The molecule has 0 aromatic heterocycles. The molecule has 0 unspecified atom stereocenters. The Morgan fingerprint density at radius 2 is 1.96 bits per heavy atom. The number of aromatic hydroxyl groups is 1. The summed E-state index contributed by atoms with van der Waals surface area (Å²) in [5, 5.41) is 9.92. The zero-order valence-electron chi connectivity index (χ0n) is 13.0. The van der Waals surface area contributed by atoms with Crippen LogP contribution in [0.1, 0.15) is 18.4 Å². The number of carbonyl (C=O) groups is 1. The quantitative estimate of drug-likeness (QED) is 0.587. The number of halogens is 1. The maximum atomic E-state index is 12.1. The molecule has 122 valence electrons. The number of carbonyl (C=O) groups excluding carboxylic acids is 1. The molecular formula is C18H20ClNO2S. The average molecular weight is 350 g/mol. The Hall–Kier alpha value is -1.65. The maximum Gasteiger partial charge on any atom is 0.222 e. The van der Waals surface area contributed by atoms with Crippen LogP contribution in [0.15, 0.2) is 53.4 Å². The molecule has 5 heteroatoms. The highest BCUT2D eigenvalue weighted by molar-refractivity contribution is 7.99. The molecule has 0 aliphatic rings. The van der Waals surface area contributed by atoms with Gasteiger partial charge in [0.25, 0.3) is 0 Å². The lowest BCUT2D eigenvalue weighted by molar-refractivity contribution is -0.130. The van der Waals surface area contributed by atoms with Crippen molar-refractivity contribution in [1.82, 2.24) is 4.90 Å². The number of hydrogen-bond donors (Lipinski definition) is 1. The van der Waals surface area contributed by atoms with Gasteiger partial charge in [-0.1, -0.05) is 23.7 Å². The number of benzene rings is 2. The maximum absolute atomic E-state index is 12.1. The second-order valence-corrected chi connectivity index (χ2v) is 6.93. The Bertz CT molecular complexity index is 646. The predicted octanol–water partition coefficient (Wildman–Crippen LogP) is 4.58. The minimum Gasteiger partial charge on any atom is -0.508 e. The Labute approximate surface area is 146 Å². The molecule has 23 heavy (non-hydrogen) atoms. The topological polar surface area (TPSA) is 40.5 Å². The van der Waals surface area contributed by atoms with Crippen molar-refractivity contribution in [3.05, 3.63) is 59.1 Å². The minimum atomic E-state index is 0.135. The highest BCUT2D eigenvalue weighted by Crippen LogP contribution is 2.22. The molecule has 0 bridgehead atoms. The number of rotatable bonds is 7. The van der Waals surface area contributed by atoms with Crippen molar-refractivity contribution in [2.75, 3.05) is 12.8 Å². The van der Waals surface area contributed by atoms with Gasteiger partial charge in [-0.05, 0) is 54.1 Å². The van der Waals surface area contributed by atoms with Gasteiger partial charge in [-0.3, -0.25) is 4.79 Å². The third-order valence-corrected chi connectivity index (χ3v) is 4.71. The summed E-state index contributed by atoms with van der Waals surface area (Å²) in [6, 6.07) is 14.7. The van der Waals surface area contributed by atoms with E-state index in [1.165, 1.54) is 0 Å². The van der Waals surface area contributed by atoms with Crippen LogP contribution in [0.25, 0.3) is 0 Å². The zero-order chi connectivity index (χ0) is 16.7. The van der Waals surface area contributed by atoms with Gasteiger partial charge in [0, 0.05) is 29.9 Å². The fourth-order valence-electron chi connectivity index (χ4n) is 2.14. The van der Waals surface area contributed by atoms with Crippen molar-refractivity contribution in [2.24, 2.45) is 0 Å². The summed E-state index contributed by atoms with van der Waals surface area (Å²) in [4.78, 5) is 15.0.